The fraction of sp³-hybridized carbons (Fsp3) is 0.583. The highest BCUT2D eigenvalue weighted by Gasteiger charge is 2.22. The van der Waals surface area contributed by atoms with Crippen molar-refractivity contribution in [2.45, 2.75) is 51.9 Å². The van der Waals surface area contributed by atoms with E-state index in [9.17, 15) is 9.90 Å². The molecular weight excluding hydrogens is 408 g/mol. The molecule has 174 valence electrons. The maximum atomic E-state index is 12.6. The number of oxazole rings is 1. The first-order valence-corrected chi connectivity index (χ1v) is 11.6. The van der Waals surface area contributed by atoms with Crippen LogP contribution in [0.5, 0.6) is 0 Å². The molecule has 1 aliphatic carbocycles. The Kier molecular flexibility index (Phi) is 7.57. The maximum Gasteiger partial charge on any atom is 0.277 e. The fourth-order valence-corrected chi connectivity index (χ4v) is 4.31. The van der Waals surface area contributed by atoms with Gasteiger partial charge in [0.2, 0.25) is 5.89 Å². The summed E-state index contributed by atoms with van der Waals surface area (Å²) < 4.78 is 11.0. The summed E-state index contributed by atoms with van der Waals surface area (Å²) in [5.74, 6) is 0.295. The number of hydrogen-bond acceptors (Lipinski definition) is 7. The molecule has 8 nitrogen and oxygen atoms in total. The lowest BCUT2D eigenvalue weighted by Crippen LogP contribution is -2.48. The first-order valence-electron chi connectivity index (χ1n) is 11.6. The minimum atomic E-state index is -0.470. The number of piperazine rings is 1. The van der Waals surface area contributed by atoms with E-state index >= 15 is 0 Å². The Labute approximate surface area is 189 Å². The minimum Gasteiger partial charge on any atom is -0.447 e. The molecule has 4 rings (SSSR count). The van der Waals surface area contributed by atoms with E-state index in [0.29, 0.717) is 31.3 Å². The van der Waals surface area contributed by atoms with Crippen LogP contribution in [-0.2, 0) is 24.1 Å². The van der Waals surface area contributed by atoms with E-state index in [2.05, 4.69) is 32.2 Å². The number of rotatable bonds is 9. The lowest BCUT2D eigenvalue weighted by atomic mass is 10.1. The number of ether oxygens (including phenoxy) is 1. The SMILES string of the molecule is CC(C)OCC(O)CN1CCN(Cc2nc(C(=O)Nc3ccc4c(c3)CCC4)co2)CC1. The molecule has 2 heterocycles. The van der Waals surface area contributed by atoms with Crippen LogP contribution in [-0.4, -0.2) is 77.3 Å². The predicted octanol–water partition coefficient (Wildman–Crippen LogP) is 2.32. The molecule has 1 saturated heterocycles. The molecule has 1 aromatic heterocycles. The highest BCUT2D eigenvalue weighted by molar-refractivity contribution is 6.02. The van der Waals surface area contributed by atoms with Gasteiger partial charge in [0.15, 0.2) is 5.69 Å². The normalized spacial score (nSPS) is 18.1. The molecule has 1 atom stereocenters. The van der Waals surface area contributed by atoms with Crippen molar-refractivity contribution in [2.75, 3.05) is 44.6 Å². The zero-order valence-corrected chi connectivity index (χ0v) is 19.0. The van der Waals surface area contributed by atoms with E-state index < -0.39 is 6.10 Å². The summed E-state index contributed by atoms with van der Waals surface area (Å²) in [5.41, 5.74) is 3.80. The Hall–Kier alpha value is -2.26. The van der Waals surface area contributed by atoms with E-state index in [-0.39, 0.29) is 12.0 Å². The molecule has 1 aromatic carbocycles. The number of benzene rings is 1. The van der Waals surface area contributed by atoms with E-state index in [1.165, 1.54) is 23.8 Å². The summed E-state index contributed by atoms with van der Waals surface area (Å²) in [7, 11) is 0. The second-order valence-corrected chi connectivity index (χ2v) is 9.03. The monoisotopic (exact) mass is 442 g/mol. The number of nitrogens with zero attached hydrogens (tertiary/aromatic N) is 3. The highest BCUT2D eigenvalue weighted by Crippen LogP contribution is 2.25. The molecule has 0 bridgehead atoms. The van der Waals surface area contributed by atoms with Crippen molar-refractivity contribution in [1.82, 2.24) is 14.8 Å². The summed E-state index contributed by atoms with van der Waals surface area (Å²) in [6.07, 6.45) is 4.47. The van der Waals surface area contributed by atoms with Gasteiger partial charge in [0.1, 0.15) is 6.26 Å². The number of aromatic nitrogens is 1. The number of amides is 1. The van der Waals surface area contributed by atoms with Gasteiger partial charge >= 0.3 is 0 Å². The van der Waals surface area contributed by atoms with Gasteiger partial charge in [-0.2, -0.15) is 0 Å². The van der Waals surface area contributed by atoms with Gasteiger partial charge in [-0.05, 0) is 56.4 Å². The van der Waals surface area contributed by atoms with Crippen molar-refractivity contribution in [3.05, 3.63) is 47.2 Å². The highest BCUT2D eigenvalue weighted by atomic mass is 16.5. The van der Waals surface area contributed by atoms with Crippen LogP contribution in [0.15, 0.2) is 28.9 Å². The van der Waals surface area contributed by atoms with Crippen molar-refractivity contribution >= 4 is 11.6 Å². The van der Waals surface area contributed by atoms with Crippen LogP contribution in [0.3, 0.4) is 0 Å². The number of nitrogens with one attached hydrogen (secondary N) is 1. The third-order valence-electron chi connectivity index (χ3n) is 6.06. The molecule has 8 heteroatoms. The number of hydrogen-bond donors (Lipinski definition) is 2. The molecule has 0 saturated carbocycles. The number of aliphatic hydroxyl groups excluding tert-OH is 1. The van der Waals surface area contributed by atoms with Crippen molar-refractivity contribution in [2.24, 2.45) is 0 Å². The van der Waals surface area contributed by atoms with Crippen LogP contribution in [0, 0.1) is 0 Å². The van der Waals surface area contributed by atoms with E-state index in [1.807, 2.05) is 19.9 Å². The van der Waals surface area contributed by atoms with Crippen LogP contribution < -0.4 is 5.32 Å². The largest absolute Gasteiger partial charge is 0.447 e. The number of aliphatic hydroxyl groups is 1. The quantitative estimate of drug-likeness (QED) is 0.616. The Morgan fingerprint density at radius 2 is 1.94 bits per heavy atom. The number of β-amino-alcohol motifs (C(OH)–C–C–N with tert-alkyl or cyclic N) is 1. The third kappa shape index (κ3) is 6.16. The van der Waals surface area contributed by atoms with Gasteiger partial charge in [0.05, 0.1) is 25.4 Å². The molecule has 1 amide bonds. The maximum absolute atomic E-state index is 12.6. The van der Waals surface area contributed by atoms with Crippen LogP contribution in [0.25, 0.3) is 0 Å². The second kappa shape index (κ2) is 10.6. The van der Waals surface area contributed by atoms with Crippen molar-refractivity contribution in [1.29, 1.82) is 0 Å². The first kappa shape index (κ1) is 22.9. The number of anilines is 1. The summed E-state index contributed by atoms with van der Waals surface area (Å²) in [5, 5.41) is 13.0. The van der Waals surface area contributed by atoms with Crippen molar-refractivity contribution in [3.63, 3.8) is 0 Å². The zero-order valence-electron chi connectivity index (χ0n) is 19.0. The molecule has 2 N–H and O–H groups in total. The molecule has 32 heavy (non-hydrogen) atoms. The first-order chi connectivity index (χ1) is 15.5. The summed E-state index contributed by atoms with van der Waals surface area (Å²) in [6.45, 7) is 8.94. The van der Waals surface area contributed by atoms with Gasteiger partial charge in [0, 0.05) is 38.4 Å². The average Bonchev–Trinajstić information content (AvgIpc) is 3.43. The minimum absolute atomic E-state index is 0.127. The van der Waals surface area contributed by atoms with Crippen LogP contribution >= 0.6 is 0 Å². The van der Waals surface area contributed by atoms with E-state index in [4.69, 9.17) is 9.15 Å². The van der Waals surface area contributed by atoms with Gasteiger partial charge in [-0.1, -0.05) is 6.07 Å². The van der Waals surface area contributed by atoms with Crippen molar-refractivity contribution < 1.29 is 19.1 Å². The number of carbonyl (C=O) groups is 1. The zero-order chi connectivity index (χ0) is 22.5. The molecule has 0 radical (unpaired) electrons. The van der Waals surface area contributed by atoms with Gasteiger partial charge in [-0.15, -0.1) is 0 Å². The Balaban J connectivity index is 1.22. The summed E-state index contributed by atoms with van der Waals surface area (Å²) >= 11 is 0. The third-order valence-corrected chi connectivity index (χ3v) is 6.06. The average molecular weight is 443 g/mol. The van der Waals surface area contributed by atoms with E-state index in [1.54, 1.807) is 0 Å². The number of fused-ring (bicyclic) bond motifs is 1. The smallest absolute Gasteiger partial charge is 0.277 e. The van der Waals surface area contributed by atoms with Gasteiger partial charge in [-0.25, -0.2) is 4.98 Å². The fourth-order valence-electron chi connectivity index (χ4n) is 4.31. The van der Waals surface area contributed by atoms with Gasteiger partial charge in [-0.3, -0.25) is 14.6 Å². The molecular formula is C24H34N4O4. The Bertz CT molecular complexity index is 905. The van der Waals surface area contributed by atoms with Gasteiger partial charge in [0.25, 0.3) is 5.91 Å². The lowest BCUT2D eigenvalue weighted by molar-refractivity contribution is -0.0151. The molecule has 2 aliphatic rings. The number of aryl methyl sites for hydroxylation is 2. The topological polar surface area (TPSA) is 91.1 Å². The Morgan fingerprint density at radius 1 is 1.19 bits per heavy atom. The summed E-state index contributed by atoms with van der Waals surface area (Å²) in [4.78, 5) is 21.5. The van der Waals surface area contributed by atoms with Crippen LogP contribution in [0.4, 0.5) is 5.69 Å². The number of carbonyl (C=O) groups excluding carboxylic acids is 1. The lowest BCUT2D eigenvalue weighted by Gasteiger charge is -2.35. The standard InChI is InChI=1S/C24H34N4O4/c1-17(2)31-15-21(29)13-27-8-10-28(11-9-27)14-23-26-22(16-32-23)24(30)25-20-7-6-18-4-3-5-19(18)12-20/h6-7,12,16-17,21,29H,3-5,8-11,13-15H2,1-2H3,(H,25,30). The van der Waals surface area contributed by atoms with Crippen molar-refractivity contribution in [3.8, 4) is 0 Å². The molecule has 2 aromatic rings. The van der Waals surface area contributed by atoms with E-state index in [0.717, 1.165) is 44.7 Å². The molecule has 0 spiro atoms. The summed E-state index contributed by atoms with van der Waals surface area (Å²) in [6, 6.07) is 6.11. The molecule has 1 unspecified atom stereocenters. The van der Waals surface area contributed by atoms with Crippen LogP contribution in [0.2, 0.25) is 0 Å². The Morgan fingerprint density at radius 3 is 2.72 bits per heavy atom. The molecule has 1 fully saturated rings. The predicted molar refractivity (Wildman–Crippen MR) is 122 cm³/mol. The van der Waals surface area contributed by atoms with Gasteiger partial charge < -0.3 is 19.6 Å². The van der Waals surface area contributed by atoms with Crippen LogP contribution in [0.1, 0.15) is 47.8 Å². The molecule has 1 aliphatic heterocycles. The second-order valence-electron chi connectivity index (χ2n) is 9.03.